The van der Waals surface area contributed by atoms with Crippen LogP contribution in [0.5, 0.6) is 11.5 Å². The van der Waals surface area contributed by atoms with Gasteiger partial charge in [0, 0.05) is 37.9 Å². The molecule has 1 aliphatic heterocycles. The van der Waals surface area contributed by atoms with E-state index in [1.807, 2.05) is 25.7 Å². The summed E-state index contributed by atoms with van der Waals surface area (Å²) in [6.07, 6.45) is 0. The fraction of sp³-hybridized carbons (Fsp3) is 0.636. The first-order valence-corrected chi connectivity index (χ1v) is 10.8. The van der Waals surface area contributed by atoms with Crippen LogP contribution in [0.15, 0.2) is 18.2 Å². The van der Waals surface area contributed by atoms with Crippen molar-refractivity contribution in [3.8, 4) is 11.5 Å². The van der Waals surface area contributed by atoms with Crippen LogP contribution in [0.4, 0.5) is 5.69 Å². The number of amides is 2. The van der Waals surface area contributed by atoms with Gasteiger partial charge in [0.1, 0.15) is 0 Å². The molecule has 8 nitrogen and oxygen atoms in total. The number of nitrogens with one attached hydrogen (secondary N) is 1. The molecule has 1 atom stereocenters. The highest BCUT2D eigenvalue weighted by atomic mass is 16.5. The summed E-state index contributed by atoms with van der Waals surface area (Å²) in [5, 5.41) is 2.88. The topological polar surface area (TPSA) is 74.4 Å². The first-order chi connectivity index (χ1) is 14.4. The molecule has 1 fully saturated rings. The molecule has 168 valence electrons. The highest BCUT2D eigenvalue weighted by Gasteiger charge is 2.27. The summed E-state index contributed by atoms with van der Waals surface area (Å²) in [5.74, 6) is 1.14. The Morgan fingerprint density at radius 3 is 2.30 bits per heavy atom. The van der Waals surface area contributed by atoms with Crippen LogP contribution in [-0.2, 0) is 9.59 Å². The van der Waals surface area contributed by atoms with Gasteiger partial charge in [-0.3, -0.25) is 14.5 Å². The van der Waals surface area contributed by atoms with Gasteiger partial charge in [0.25, 0.3) is 0 Å². The lowest BCUT2D eigenvalue weighted by Gasteiger charge is -2.36. The number of hydrogen-bond donors (Lipinski definition) is 1. The molecule has 0 aromatic heterocycles. The fourth-order valence-corrected chi connectivity index (χ4v) is 3.43. The predicted octanol–water partition coefficient (Wildman–Crippen LogP) is 1.91. The van der Waals surface area contributed by atoms with Gasteiger partial charge in [0.2, 0.25) is 11.8 Å². The number of benzene rings is 1. The Morgan fingerprint density at radius 2 is 1.70 bits per heavy atom. The number of nitrogens with zero attached hydrogens (tertiary/aromatic N) is 3. The first kappa shape index (κ1) is 24.0. The second-order valence-electron chi connectivity index (χ2n) is 7.43. The lowest BCUT2D eigenvalue weighted by Crippen LogP contribution is -2.54. The van der Waals surface area contributed by atoms with Crippen LogP contribution < -0.4 is 14.8 Å². The molecule has 1 N–H and O–H groups in total. The molecular formula is C22H36N4O4. The Morgan fingerprint density at radius 1 is 1.07 bits per heavy atom. The van der Waals surface area contributed by atoms with Crippen LogP contribution in [0.25, 0.3) is 0 Å². The Kier molecular flexibility index (Phi) is 9.39. The van der Waals surface area contributed by atoms with Gasteiger partial charge in [0.15, 0.2) is 11.5 Å². The van der Waals surface area contributed by atoms with Gasteiger partial charge in [-0.15, -0.1) is 0 Å². The van der Waals surface area contributed by atoms with Gasteiger partial charge in [-0.1, -0.05) is 6.92 Å². The molecule has 8 heteroatoms. The molecule has 1 aliphatic rings. The van der Waals surface area contributed by atoms with Crippen LogP contribution in [-0.4, -0.2) is 92.1 Å². The quantitative estimate of drug-likeness (QED) is 0.623. The molecule has 2 amide bonds. The zero-order valence-corrected chi connectivity index (χ0v) is 18.9. The normalized spacial score (nSPS) is 15.7. The summed E-state index contributed by atoms with van der Waals surface area (Å²) < 4.78 is 11.2. The summed E-state index contributed by atoms with van der Waals surface area (Å²) in [4.78, 5) is 31.3. The summed E-state index contributed by atoms with van der Waals surface area (Å²) >= 11 is 0. The molecule has 2 rings (SSSR count). The standard InChI is InChI=1S/C22H36N4O4/c1-6-25-11-13-26(14-12-25)22(28)17(4)24(5)16-21(27)23-18-9-10-19(29-7-2)20(15-18)30-8-3/h9-10,15,17H,6-8,11-14,16H2,1-5H3,(H,23,27)/t17-/m0/s1. The minimum Gasteiger partial charge on any atom is -0.490 e. The maximum Gasteiger partial charge on any atom is 0.239 e. The van der Waals surface area contributed by atoms with Crippen molar-refractivity contribution in [2.24, 2.45) is 0 Å². The number of rotatable bonds is 10. The summed E-state index contributed by atoms with van der Waals surface area (Å²) in [7, 11) is 1.80. The Labute approximate surface area is 180 Å². The minimum atomic E-state index is -0.358. The van der Waals surface area contributed by atoms with E-state index in [0.29, 0.717) is 30.4 Å². The van der Waals surface area contributed by atoms with E-state index in [1.165, 1.54) is 0 Å². The van der Waals surface area contributed by atoms with Gasteiger partial charge in [-0.25, -0.2) is 0 Å². The van der Waals surface area contributed by atoms with E-state index >= 15 is 0 Å². The van der Waals surface area contributed by atoms with Crippen molar-refractivity contribution >= 4 is 17.5 Å². The van der Waals surface area contributed by atoms with Crippen LogP contribution >= 0.6 is 0 Å². The van der Waals surface area contributed by atoms with E-state index in [2.05, 4.69) is 17.1 Å². The van der Waals surface area contributed by atoms with Crippen molar-refractivity contribution in [3.05, 3.63) is 18.2 Å². The lowest BCUT2D eigenvalue weighted by molar-refractivity contribution is -0.138. The monoisotopic (exact) mass is 420 g/mol. The van der Waals surface area contributed by atoms with Crippen molar-refractivity contribution in [2.45, 2.75) is 33.7 Å². The van der Waals surface area contributed by atoms with Crippen molar-refractivity contribution in [2.75, 3.05) is 64.8 Å². The summed E-state index contributed by atoms with van der Waals surface area (Å²) in [5.41, 5.74) is 0.634. The Balaban J connectivity index is 1.90. The number of likely N-dealkylation sites (N-methyl/N-ethyl adjacent to an activating group) is 2. The molecule has 1 aromatic rings. The van der Waals surface area contributed by atoms with Gasteiger partial charge in [0.05, 0.1) is 25.8 Å². The molecular weight excluding hydrogens is 384 g/mol. The van der Waals surface area contributed by atoms with Crippen molar-refractivity contribution < 1.29 is 19.1 Å². The summed E-state index contributed by atoms with van der Waals surface area (Å²) in [6, 6.07) is 4.97. The number of carbonyl (C=O) groups excluding carboxylic acids is 2. The molecule has 0 saturated carbocycles. The van der Waals surface area contributed by atoms with Crippen LogP contribution in [0.1, 0.15) is 27.7 Å². The Bertz CT molecular complexity index is 704. The highest BCUT2D eigenvalue weighted by Crippen LogP contribution is 2.30. The maximum atomic E-state index is 12.8. The van der Waals surface area contributed by atoms with Gasteiger partial charge in [-0.05, 0) is 46.5 Å². The van der Waals surface area contributed by atoms with Crippen molar-refractivity contribution in [1.82, 2.24) is 14.7 Å². The number of piperazine rings is 1. The zero-order chi connectivity index (χ0) is 22.1. The number of hydrogen-bond acceptors (Lipinski definition) is 6. The SMILES string of the molecule is CCOc1ccc(NC(=O)CN(C)[C@@H](C)C(=O)N2CCN(CC)CC2)cc1OCC. The minimum absolute atomic E-state index is 0.0701. The average molecular weight is 421 g/mol. The molecule has 0 unspecified atom stereocenters. The summed E-state index contributed by atoms with van der Waals surface area (Å²) in [6.45, 7) is 13.3. The molecule has 1 heterocycles. The molecule has 1 saturated heterocycles. The zero-order valence-electron chi connectivity index (χ0n) is 18.9. The lowest BCUT2D eigenvalue weighted by atomic mass is 10.2. The highest BCUT2D eigenvalue weighted by molar-refractivity contribution is 5.93. The molecule has 1 aromatic carbocycles. The van der Waals surface area contributed by atoms with Gasteiger partial charge in [-0.2, -0.15) is 0 Å². The fourth-order valence-electron chi connectivity index (χ4n) is 3.43. The molecule has 0 aliphatic carbocycles. The maximum absolute atomic E-state index is 12.8. The van der Waals surface area contributed by atoms with Crippen molar-refractivity contribution in [3.63, 3.8) is 0 Å². The average Bonchev–Trinajstić information content (AvgIpc) is 2.74. The number of anilines is 1. The van der Waals surface area contributed by atoms with E-state index in [-0.39, 0.29) is 24.4 Å². The number of carbonyl (C=O) groups is 2. The third-order valence-corrected chi connectivity index (χ3v) is 5.37. The Hall–Kier alpha value is -2.32. The van der Waals surface area contributed by atoms with E-state index in [0.717, 1.165) is 32.7 Å². The predicted molar refractivity (Wildman–Crippen MR) is 118 cm³/mol. The van der Waals surface area contributed by atoms with Crippen LogP contribution in [0, 0.1) is 0 Å². The van der Waals surface area contributed by atoms with E-state index < -0.39 is 0 Å². The smallest absolute Gasteiger partial charge is 0.239 e. The van der Waals surface area contributed by atoms with E-state index in [9.17, 15) is 9.59 Å². The third-order valence-electron chi connectivity index (χ3n) is 5.37. The van der Waals surface area contributed by atoms with Crippen LogP contribution in [0.2, 0.25) is 0 Å². The van der Waals surface area contributed by atoms with Gasteiger partial charge >= 0.3 is 0 Å². The van der Waals surface area contributed by atoms with Gasteiger partial charge < -0.3 is 24.6 Å². The van der Waals surface area contributed by atoms with Crippen LogP contribution in [0.3, 0.4) is 0 Å². The first-order valence-electron chi connectivity index (χ1n) is 10.8. The third kappa shape index (κ3) is 6.60. The molecule has 30 heavy (non-hydrogen) atoms. The van der Waals surface area contributed by atoms with E-state index in [1.54, 1.807) is 30.1 Å². The van der Waals surface area contributed by atoms with Crippen molar-refractivity contribution in [1.29, 1.82) is 0 Å². The second-order valence-corrected chi connectivity index (χ2v) is 7.43. The van der Waals surface area contributed by atoms with E-state index in [4.69, 9.17) is 9.47 Å². The molecule has 0 radical (unpaired) electrons. The largest absolute Gasteiger partial charge is 0.490 e. The molecule has 0 spiro atoms. The second kappa shape index (κ2) is 11.8. The molecule has 0 bridgehead atoms. The number of ether oxygens (including phenoxy) is 2.